The number of benzene rings is 1. The summed E-state index contributed by atoms with van der Waals surface area (Å²) in [6.45, 7) is 5.25. The van der Waals surface area contributed by atoms with Gasteiger partial charge >= 0.3 is 0 Å². The Labute approximate surface area is 77.0 Å². The third-order valence-electron chi connectivity index (χ3n) is 1.33. The summed E-state index contributed by atoms with van der Waals surface area (Å²) in [6, 6.07) is 3.37. The molecule has 1 N–H and O–H groups in total. The number of halogens is 1. The summed E-state index contributed by atoms with van der Waals surface area (Å²) in [6.07, 6.45) is 0. The number of aromatic hydroxyl groups is 1. The lowest BCUT2D eigenvalue weighted by atomic mass is 10.1. The highest BCUT2D eigenvalue weighted by Gasteiger charge is 2.06. The van der Waals surface area contributed by atoms with Crippen LogP contribution in [0.25, 0.3) is 0 Å². The van der Waals surface area contributed by atoms with Gasteiger partial charge in [0.25, 0.3) is 0 Å². The number of hydrogen-bond acceptors (Lipinski definition) is 2. The van der Waals surface area contributed by atoms with Crippen LogP contribution in [-0.4, -0.2) is 10.9 Å². The van der Waals surface area contributed by atoms with Crippen LogP contribution in [0.4, 0.5) is 4.39 Å². The first-order valence-electron chi connectivity index (χ1n) is 4.10. The van der Waals surface area contributed by atoms with Crippen molar-refractivity contribution in [3.8, 4) is 5.75 Å². The zero-order valence-electron chi connectivity index (χ0n) is 7.97. The molecule has 0 heterocycles. The molecule has 2 nitrogen and oxygen atoms in total. The Balaban J connectivity index is 0.000000671. The second-order valence-corrected chi connectivity index (χ2v) is 2.22. The largest absolute Gasteiger partial charge is 0.508 e. The maximum absolute atomic E-state index is 12.7. The summed E-state index contributed by atoms with van der Waals surface area (Å²) in [5.41, 5.74) is -0.0787. The molecule has 72 valence electrons. The van der Waals surface area contributed by atoms with E-state index in [0.717, 1.165) is 12.1 Å². The van der Waals surface area contributed by atoms with E-state index in [0.29, 0.717) is 0 Å². The highest BCUT2D eigenvalue weighted by atomic mass is 19.1. The Morgan fingerprint density at radius 1 is 1.38 bits per heavy atom. The molecular formula is C10H13FO2. The predicted octanol–water partition coefficient (Wildman–Crippen LogP) is 2.76. The number of rotatable bonds is 1. The van der Waals surface area contributed by atoms with Gasteiger partial charge in [0, 0.05) is 0 Å². The fourth-order valence-corrected chi connectivity index (χ4v) is 0.783. The lowest BCUT2D eigenvalue weighted by Crippen LogP contribution is -1.95. The van der Waals surface area contributed by atoms with E-state index in [1.807, 2.05) is 13.8 Å². The van der Waals surface area contributed by atoms with Crippen LogP contribution in [0.2, 0.25) is 0 Å². The van der Waals surface area contributed by atoms with Crippen molar-refractivity contribution in [2.45, 2.75) is 20.8 Å². The van der Waals surface area contributed by atoms with Crippen molar-refractivity contribution in [2.75, 3.05) is 0 Å². The number of phenolic OH excluding ortho intramolecular Hbond substituents is 1. The molecule has 0 atom stereocenters. The minimum absolute atomic E-state index is 0.0787. The molecule has 0 aliphatic carbocycles. The van der Waals surface area contributed by atoms with Gasteiger partial charge < -0.3 is 5.11 Å². The molecule has 1 rings (SSSR count). The Morgan fingerprint density at radius 2 is 1.92 bits per heavy atom. The average molecular weight is 184 g/mol. The molecule has 0 fully saturated rings. The van der Waals surface area contributed by atoms with Gasteiger partial charge in [0.2, 0.25) is 0 Å². The van der Waals surface area contributed by atoms with Crippen LogP contribution in [0.15, 0.2) is 18.2 Å². The van der Waals surface area contributed by atoms with Gasteiger partial charge in [-0.3, -0.25) is 4.79 Å². The number of ketones is 1. The second-order valence-electron chi connectivity index (χ2n) is 2.22. The molecule has 0 saturated heterocycles. The van der Waals surface area contributed by atoms with E-state index >= 15 is 0 Å². The molecule has 0 aliphatic heterocycles. The second kappa shape index (κ2) is 5.30. The average Bonchev–Trinajstić information content (AvgIpc) is 2.12. The Kier molecular flexibility index (Phi) is 4.74. The summed E-state index contributed by atoms with van der Waals surface area (Å²) in [5.74, 6) is -1.09. The quantitative estimate of drug-likeness (QED) is 0.681. The first kappa shape index (κ1) is 11.6. The zero-order valence-corrected chi connectivity index (χ0v) is 7.97. The number of carbonyl (C=O) groups is 1. The minimum Gasteiger partial charge on any atom is -0.508 e. The van der Waals surface area contributed by atoms with Gasteiger partial charge in [-0.1, -0.05) is 13.8 Å². The molecule has 0 radical (unpaired) electrons. The highest BCUT2D eigenvalue weighted by molar-refractivity contribution is 5.94. The topological polar surface area (TPSA) is 37.3 Å². The number of Topliss-reactive ketones (excluding diaryl/α,β-unsaturated/α-hetero) is 1. The van der Waals surface area contributed by atoms with Gasteiger partial charge in [0.15, 0.2) is 5.78 Å². The molecule has 0 aromatic heterocycles. The highest BCUT2D eigenvalue weighted by Crippen LogP contribution is 2.15. The molecule has 0 aliphatic rings. The van der Waals surface area contributed by atoms with Crippen LogP contribution < -0.4 is 0 Å². The lowest BCUT2D eigenvalue weighted by molar-refractivity contribution is 0.101. The SMILES string of the molecule is CC.CC(=O)c1cc(O)ccc1F. The van der Waals surface area contributed by atoms with Crippen molar-refractivity contribution in [3.63, 3.8) is 0 Å². The molecule has 13 heavy (non-hydrogen) atoms. The van der Waals surface area contributed by atoms with Crippen molar-refractivity contribution < 1.29 is 14.3 Å². The standard InChI is InChI=1S/C8H7FO2.C2H6/c1-5(10)7-4-6(11)2-3-8(7)9;1-2/h2-4,11H,1H3;1-2H3. The van der Waals surface area contributed by atoms with Gasteiger partial charge in [-0.2, -0.15) is 0 Å². The van der Waals surface area contributed by atoms with Crippen LogP contribution in [0.5, 0.6) is 5.75 Å². The molecule has 1 aromatic rings. The summed E-state index contributed by atoms with van der Waals surface area (Å²) >= 11 is 0. The Bertz CT molecular complexity index is 295. The lowest BCUT2D eigenvalue weighted by Gasteiger charge is -1.97. The number of hydrogen-bond donors (Lipinski definition) is 1. The van der Waals surface area contributed by atoms with E-state index < -0.39 is 11.6 Å². The molecule has 0 bridgehead atoms. The van der Waals surface area contributed by atoms with Crippen molar-refractivity contribution in [1.29, 1.82) is 0 Å². The van der Waals surface area contributed by atoms with E-state index in [1.54, 1.807) is 0 Å². The van der Waals surface area contributed by atoms with Gasteiger partial charge in [0.1, 0.15) is 11.6 Å². The predicted molar refractivity (Wildman–Crippen MR) is 49.4 cm³/mol. The van der Waals surface area contributed by atoms with Crippen molar-refractivity contribution in [3.05, 3.63) is 29.6 Å². The third kappa shape index (κ3) is 3.23. The van der Waals surface area contributed by atoms with Gasteiger partial charge in [-0.25, -0.2) is 4.39 Å². The fourth-order valence-electron chi connectivity index (χ4n) is 0.783. The number of carbonyl (C=O) groups excluding carboxylic acids is 1. The smallest absolute Gasteiger partial charge is 0.162 e. The fraction of sp³-hybridized carbons (Fsp3) is 0.300. The number of phenols is 1. The van der Waals surface area contributed by atoms with Crippen molar-refractivity contribution >= 4 is 5.78 Å². The Hall–Kier alpha value is -1.38. The summed E-state index contributed by atoms with van der Waals surface area (Å²) in [4.78, 5) is 10.7. The minimum atomic E-state index is -0.602. The van der Waals surface area contributed by atoms with Gasteiger partial charge in [0.05, 0.1) is 5.56 Å². The van der Waals surface area contributed by atoms with E-state index in [9.17, 15) is 9.18 Å². The van der Waals surface area contributed by atoms with Gasteiger partial charge in [-0.05, 0) is 25.1 Å². The molecule has 0 amide bonds. The third-order valence-corrected chi connectivity index (χ3v) is 1.33. The Morgan fingerprint density at radius 3 is 2.31 bits per heavy atom. The summed E-state index contributed by atoms with van der Waals surface area (Å²) in [7, 11) is 0. The van der Waals surface area contributed by atoms with Crippen molar-refractivity contribution in [1.82, 2.24) is 0 Å². The van der Waals surface area contributed by atoms with Crippen LogP contribution in [0, 0.1) is 5.82 Å². The summed E-state index contributed by atoms with van der Waals surface area (Å²) < 4.78 is 12.7. The maximum atomic E-state index is 12.7. The van der Waals surface area contributed by atoms with E-state index in [-0.39, 0.29) is 11.3 Å². The van der Waals surface area contributed by atoms with E-state index in [2.05, 4.69) is 0 Å². The monoisotopic (exact) mass is 184 g/mol. The zero-order chi connectivity index (χ0) is 10.4. The normalized spacial score (nSPS) is 8.62. The molecule has 0 saturated carbocycles. The summed E-state index contributed by atoms with van der Waals surface area (Å²) in [5, 5.41) is 8.87. The van der Waals surface area contributed by atoms with Crippen LogP contribution >= 0.6 is 0 Å². The molecule has 0 spiro atoms. The van der Waals surface area contributed by atoms with Crippen molar-refractivity contribution in [2.24, 2.45) is 0 Å². The molecule has 1 aromatic carbocycles. The van der Waals surface area contributed by atoms with Crippen LogP contribution in [0.1, 0.15) is 31.1 Å². The molecule has 0 unspecified atom stereocenters. The maximum Gasteiger partial charge on any atom is 0.162 e. The van der Waals surface area contributed by atoms with E-state index in [4.69, 9.17) is 5.11 Å². The van der Waals surface area contributed by atoms with Crippen LogP contribution in [0.3, 0.4) is 0 Å². The van der Waals surface area contributed by atoms with E-state index in [1.165, 1.54) is 13.0 Å². The molecule has 3 heteroatoms. The first-order chi connectivity index (χ1) is 6.11. The molecular weight excluding hydrogens is 171 g/mol. The van der Waals surface area contributed by atoms with Crippen LogP contribution in [-0.2, 0) is 0 Å². The first-order valence-corrected chi connectivity index (χ1v) is 4.10. The van der Waals surface area contributed by atoms with Gasteiger partial charge in [-0.15, -0.1) is 0 Å².